The molecule has 5 heteroatoms. The van der Waals surface area contributed by atoms with Crippen LogP contribution in [0.3, 0.4) is 0 Å². The van der Waals surface area contributed by atoms with Gasteiger partial charge in [0.15, 0.2) is 6.29 Å². The van der Waals surface area contributed by atoms with Gasteiger partial charge in [-0.25, -0.2) is 4.79 Å². The van der Waals surface area contributed by atoms with E-state index in [1.807, 2.05) is 31.7 Å². The van der Waals surface area contributed by atoms with Crippen molar-refractivity contribution in [1.29, 1.82) is 0 Å². The highest BCUT2D eigenvalue weighted by Gasteiger charge is 2.42. The molecule has 1 aromatic carbocycles. The number of carbonyl (C=O) groups excluding carboxylic acids is 1. The Morgan fingerprint density at radius 3 is 2.58 bits per heavy atom. The van der Waals surface area contributed by atoms with Gasteiger partial charge in [-0.1, -0.05) is 30.3 Å². The smallest absolute Gasteiger partial charge is 0.411 e. The van der Waals surface area contributed by atoms with Crippen molar-refractivity contribution in [3.8, 4) is 0 Å². The minimum absolute atomic E-state index is 0.108. The van der Waals surface area contributed by atoms with E-state index >= 15 is 0 Å². The quantitative estimate of drug-likeness (QED) is 0.792. The SMILES string of the molecule is CC(C)(C)OC(=O)N1C2C=C(c3ccccc3C3OCCO3)CC1CC2. The second-order valence-electron chi connectivity index (χ2n) is 8.24. The average molecular weight is 357 g/mol. The number of rotatable bonds is 2. The van der Waals surface area contributed by atoms with Crippen LogP contribution < -0.4 is 0 Å². The molecular formula is C21H27NO4. The standard InChI is InChI=1S/C21H27NO4/c1-21(2,3)26-20(23)22-15-8-9-16(22)13-14(12-15)17-6-4-5-7-18(17)19-24-10-11-25-19/h4-7,12,15-16,19H,8-11,13H2,1-3H3. The molecule has 140 valence electrons. The summed E-state index contributed by atoms with van der Waals surface area (Å²) in [7, 11) is 0. The summed E-state index contributed by atoms with van der Waals surface area (Å²) >= 11 is 0. The zero-order valence-corrected chi connectivity index (χ0v) is 15.7. The van der Waals surface area contributed by atoms with Crippen LogP contribution in [0.1, 0.15) is 57.5 Å². The molecule has 2 bridgehead atoms. The lowest BCUT2D eigenvalue weighted by Gasteiger charge is -2.35. The molecule has 2 saturated heterocycles. The molecule has 0 saturated carbocycles. The Bertz CT molecular complexity index is 715. The fourth-order valence-corrected chi connectivity index (χ4v) is 4.16. The van der Waals surface area contributed by atoms with Crippen molar-refractivity contribution in [3.63, 3.8) is 0 Å². The Morgan fingerprint density at radius 1 is 1.15 bits per heavy atom. The summed E-state index contributed by atoms with van der Waals surface area (Å²) in [6.45, 7) is 7.01. The largest absolute Gasteiger partial charge is 0.444 e. The first-order valence-corrected chi connectivity index (χ1v) is 9.47. The van der Waals surface area contributed by atoms with E-state index < -0.39 is 5.60 Å². The lowest BCUT2D eigenvalue weighted by molar-refractivity contribution is -0.0443. The minimum Gasteiger partial charge on any atom is -0.444 e. The van der Waals surface area contributed by atoms with Gasteiger partial charge in [-0.3, -0.25) is 4.90 Å². The van der Waals surface area contributed by atoms with E-state index in [1.54, 1.807) is 0 Å². The molecule has 2 unspecified atom stereocenters. The zero-order chi connectivity index (χ0) is 18.3. The topological polar surface area (TPSA) is 48.0 Å². The second-order valence-corrected chi connectivity index (χ2v) is 8.24. The van der Waals surface area contributed by atoms with E-state index in [0.29, 0.717) is 13.2 Å². The van der Waals surface area contributed by atoms with E-state index in [0.717, 1.165) is 24.8 Å². The number of benzene rings is 1. The van der Waals surface area contributed by atoms with Crippen molar-refractivity contribution >= 4 is 11.7 Å². The first-order valence-electron chi connectivity index (χ1n) is 9.47. The third kappa shape index (κ3) is 3.38. The first-order chi connectivity index (χ1) is 12.4. The van der Waals surface area contributed by atoms with Gasteiger partial charge < -0.3 is 14.2 Å². The molecule has 0 spiro atoms. The summed E-state index contributed by atoms with van der Waals surface area (Å²) in [5, 5.41) is 0. The molecule has 0 radical (unpaired) electrons. The van der Waals surface area contributed by atoms with Gasteiger partial charge >= 0.3 is 6.09 Å². The summed E-state index contributed by atoms with van der Waals surface area (Å²) in [6, 6.07) is 8.60. The lowest BCUT2D eigenvalue weighted by atomic mass is 9.91. The fourth-order valence-electron chi connectivity index (χ4n) is 4.16. The van der Waals surface area contributed by atoms with Gasteiger partial charge in [0.2, 0.25) is 0 Å². The summed E-state index contributed by atoms with van der Waals surface area (Å²) in [5.74, 6) is 0. The molecule has 3 aliphatic heterocycles. The van der Waals surface area contributed by atoms with Crippen LogP contribution in [-0.2, 0) is 14.2 Å². The molecule has 2 atom stereocenters. The molecule has 26 heavy (non-hydrogen) atoms. The maximum atomic E-state index is 12.6. The van der Waals surface area contributed by atoms with E-state index in [4.69, 9.17) is 14.2 Å². The highest BCUT2D eigenvalue weighted by atomic mass is 16.7. The predicted octanol–water partition coefficient (Wildman–Crippen LogP) is 4.29. The molecule has 0 aromatic heterocycles. The summed E-state index contributed by atoms with van der Waals surface area (Å²) < 4.78 is 17.1. The molecular weight excluding hydrogens is 330 g/mol. The normalized spacial score (nSPS) is 26.1. The number of hydrogen-bond acceptors (Lipinski definition) is 4. The van der Waals surface area contributed by atoms with E-state index in [9.17, 15) is 4.79 Å². The van der Waals surface area contributed by atoms with Gasteiger partial charge in [0, 0.05) is 11.6 Å². The van der Waals surface area contributed by atoms with Crippen LogP contribution in [-0.4, -0.2) is 41.9 Å². The van der Waals surface area contributed by atoms with Crippen molar-refractivity contribution in [1.82, 2.24) is 4.90 Å². The summed E-state index contributed by atoms with van der Waals surface area (Å²) in [6.07, 6.45) is 4.61. The summed E-state index contributed by atoms with van der Waals surface area (Å²) in [4.78, 5) is 14.6. The Kier molecular flexibility index (Phi) is 4.53. The molecule has 3 heterocycles. The third-order valence-corrected chi connectivity index (χ3v) is 5.18. The molecule has 0 aliphatic carbocycles. The van der Waals surface area contributed by atoms with E-state index in [1.165, 1.54) is 11.1 Å². The zero-order valence-electron chi connectivity index (χ0n) is 15.7. The van der Waals surface area contributed by atoms with Crippen LogP contribution in [0.15, 0.2) is 30.3 Å². The van der Waals surface area contributed by atoms with Gasteiger partial charge in [-0.15, -0.1) is 0 Å². The van der Waals surface area contributed by atoms with Gasteiger partial charge in [-0.05, 0) is 51.2 Å². The molecule has 4 rings (SSSR count). The second kappa shape index (κ2) is 6.71. The first kappa shape index (κ1) is 17.6. The highest BCUT2D eigenvalue weighted by Crippen LogP contribution is 2.41. The van der Waals surface area contributed by atoms with Crippen LogP contribution in [0.4, 0.5) is 4.79 Å². The fraction of sp³-hybridized carbons (Fsp3) is 0.571. The monoisotopic (exact) mass is 357 g/mol. The van der Waals surface area contributed by atoms with E-state index in [2.05, 4.69) is 24.3 Å². The Balaban J connectivity index is 1.60. The van der Waals surface area contributed by atoms with Gasteiger partial charge in [0.25, 0.3) is 0 Å². The number of carbonyl (C=O) groups is 1. The number of fused-ring (bicyclic) bond motifs is 2. The van der Waals surface area contributed by atoms with Crippen LogP contribution >= 0.6 is 0 Å². The summed E-state index contributed by atoms with van der Waals surface area (Å²) in [5.41, 5.74) is 3.08. The molecule has 3 aliphatic rings. The van der Waals surface area contributed by atoms with Crippen molar-refractivity contribution in [2.45, 2.75) is 64.0 Å². The van der Waals surface area contributed by atoms with E-state index in [-0.39, 0.29) is 24.5 Å². The van der Waals surface area contributed by atoms with Crippen molar-refractivity contribution in [2.24, 2.45) is 0 Å². The Labute approximate surface area is 154 Å². The maximum Gasteiger partial charge on any atom is 0.411 e. The highest BCUT2D eigenvalue weighted by molar-refractivity contribution is 5.76. The van der Waals surface area contributed by atoms with Crippen LogP contribution in [0.2, 0.25) is 0 Å². The maximum absolute atomic E-state index is 12.6. The van der Waals surface area contributed by atoms with Crippen molar-refractivity contribution < 1.29 is 19.0 Å². The molecule has 1 aromatic rings. The minimum atomic E-state index is -0.468. The molecule has 2 fully saturated rings. The third-order valence-electron chi connectivity index (χ3n) is 5.18. The van der Waals surface area contributed by atoms with Crippen molar-refractivity contribution in [2.75, 3.05) is 13.2 Å². The number of ether oxygens (including phenoxy) is 3. The van der Waals surface area contributed by atoms with Crippen molar-refractivity contribution in [3.05, 3.63) is 41.5 Å². The average Bonchev–Trinajstić information content (AvgIpc) is 3.20. The van der Waals surface area contributed by atoms with Gasteiger partial charge in [0.05, 0.1) is 19.3 Å². The molecule has 1 amide bonds. The molecule has 0 N–H and O–H groups in total. The lowest BCUT2D eigenvalue weighted by Crippen LogP contribution is -2.45. The van der Waals surface area contributed by atoms with Crippen LogP contribution in [0.25, 0.3) is 5.57 Å². The Morgan fingerprint density at radius 2 is 1.88 bits per heavy atom. The van der Waals surface area contributed by atoms with Crippen LogP contribution in [0.5, 0.6) is 0 Å². The van der Waals surface area contributed by atoms with Gasteiger partial charge in [0.1, 0.15) is 5.60 Å². The number of amides is 1. The molecule has 5 nitrogen and oxygen atoms in total. The Hall–Kier alpha value is -1.85. The van der Waals surface area contributed by atoms with Gasteiger partial charge in [-0.2, -0.15) is 0 Å². The van der Waals surface area contributed by atoms with Crippen LogP contribution in [0, 0.1) is 0 Å². The number of nitrogens with zero attached hydrogens (tertiary/aromatic N) is 1. The predicted molar refractivity (Wildman–Crippen MR) is 98.6 cm³/mol. The number of hydrogen-bond donors (Lipinski definition) is 0.